The van der Waals surface area contributed by atoms with Gasteiger partial charge in [0.05, 0.1) is 6.61 Å². The summed E-state index contributed by atoms with van der Waals surface area (Å²) in [6.45, 7) is 6.05. The molecule has 0 spiro atoms. The van der Waals surface area contributed by atoms with Gasteiger partial charge in [-0.15, -0.1) is 0 Å². The number of likely N-dealkylation sites (N-methyl/N-ethyl adjacent to an activating group) is 1. The standard InChI is InChI=1S/C13H20N2O/c1-2-15(13-7-8-16-10-13)9-11-3-5-12(14)6-4-11/h3-6,13H,2,7-10,14H2,1H3. The van der Waals surface area contributed by atoms with E-state index in [2.05, 4.69) is 24.0 Å². The van der Waals surface area contributed by atoms with Crippen molar-refractivity contribution in [2.45, 2.75) is 25.9 Å². The number of rotatable bonds is 4. The van der Waals surface area contributed by atoms with Crippen LogP contribution in [0.1, 0.15) is 18.9 Å². The van der Waals surface area contributed by atoms with E-state index in [0.29, 0.717) is 6.04 Å². The SMILES string of the molecule is CCN(Cc1ccc(N)cc1)C1CCOC1. The van der Waals surface area contributed by atoms with Gasteiger partial charge in [0.15, 0.2) is 0 Å². The first-order valence-corrected chi connectivity index (χ1v) is 5.96. The van der Waals surface area contributed by atoms with Crippen LogP contribution in [0.5, 0.6) is 0 Å². The summed E-state index contributed by atoms with van der Waals surface area (Å²) in [6.07, 6.45) is 1.16. The van der Waals surface area contributed by atoms with Gasteiger partial charge in [-0.3, -0.25) is 4.90 Å². The molecule has 2 rings (SSSR count). The lowest BCUT2D eigenvalue weighted by Gasteiger charge is -2.26. The maximum atomic E-state index is 5.68. The molecule has 88 valence electrons. The van der Waals surface area contributed by atoms with Gasteiger partial charge in [0.1, 0.15) is 0 Å². The first-order valence-electron chi connectivity index (χ1n) is 5.96. The molecule has 16 heavy (non-hydrogen) atoms. The van der Waals surface area contributed by atoms with E-state index in [4.69, 9.17) is 10.5 Å². The summed E-state index contributed by atoms with van der Waals surface area (Å²) in [4.78, 5) is 2.47. The smallest absolute Gasteiger partial charge is 0.0622 e. The van der Waals surface area contributed by atoms with Gasteiger partial charge >= 0.3 is 0 Å². The van der Waals surface area contributed by atoms with Crippen LogP contribution in [0.3, 0.4) is 0 Å². The van der Waals surface area contributed by atoms with Crippen molar-refractivity contribution in [3.63, 3.8) is 0 Å². The molecule has 1 saturated heterocycles. The zero-order valence-electron chi connectivity index (χ0n) is 9.86. The van der Waals surface area contributed by atoms with Gasteiger partial charge in [-0.25, -0.2) is 0 Å². The van der Waals surface area contributed by atoms with Crippen LogP contribution in [0.2, 0.25) is 0 Å². The Bertz CT molecular complexity index is 317. The fraction of sp³-hybridized carbons (Fsp3) is 0.538. The molecule has 1 aliphatic heterocycles. The van der Waals surface area contributed by atoms with Gasteiger partial charge in [-0.2, -0.15) is 0 Å². The van der Waals surface area contributed by atoms with E-state index >= 15 is 0 Å². The third-order valence-electron chi connectivity index (χ3n) is 3.19. The minimum absolute atomic E-state index is 0.586. The van der Waals surface area contributed by atoms with Crippen LogP contribution in [0, 0.1) is 0 Å². The predicted molar refractivity (Wildman–Crippen MR) is 66.2 cm³/mol. The van der Waals surface area contributed by atoms with Crippen molar-refractivity contribution in [2.75, 3.05) is 25.5 Å². The molecule has 3 nitrogen and oxygen atoms in total. The number of nitrogen functional groups attached to an aromatic ring is 1. The lowest BCUT2D eigenvalue weighted by Crippen LogP contribution is -2.34. The Kier molecular flexibility index (Phi) is 3.80. The highest BCUT2D eigenvalue weighted by molar-refractivity contribution is 5.39. The molecule has 1 fully saturated rings. The quantitative estimate of drug-likeness (QED) is 0.787. The molecule has 0 aliphatic carbocycles. The number of anilines is 1. The van der Waals surface area contributed by atoms with Crippen LogP contribution in [0.15, 0.2) is 24.3 Å². The van der Waals surface area contributed by atoms with E-state index in [1.807, 2.05) is 12.1 Å². The van der Waals surface area contributed by atoms with E-state index in [9.17, 15) is 0 Å². The molecule has 0 amide bonds. The second-order valence-electron chi connectivity index (χ2n) is 4.32. The third-order valence-corrected chi connectivity index (χ3v) is 3.19. The van der Waals surface area contributed by atoms with Gasteiger partial charge in [0.25, 0.3) is 0 Å². The van der Waals surface area contributed by atoms with Crippen LogP contribution in [-0.4, -0.2) is 30.7 Å². The summed E-state index contributed by atoms with van der Waals surface area (Å²) in [5.74, 6) is 0. The number of hydrogen-bond acceptors (Lipinski definition) is 3. The van der Waals surface area contributed by atoms with E-state index in [1.54, 1.807) is 0 Å². The van der Waals surface area contributed by atoms with E-state index in [1.165, 1.54) is 5.56 Å². The molecule has 1 aromatic rings. The molecule has 3 heteroatoms. The molecule has 1 atom stereocenters. The van der Waals surface area contributed by atoms with Crippen molar-refractivity contribution in [3.8, 4) is 0 Å². The summed E-state index contributed by atoms with van der Waals surface area (Å²) in [6, 6.07) is 8.73. The van der Waals surface area contributed by atoms with Crippen molar-refractivity contribution in [1.82, 2.24) is 4.90 Å². The predicted octanol–water partition coefficient (Wildman–Crippen LogP) is 1.88. The van der Waals surface area contributed by atoms with Crippen molar-refractivity contribution >= 4 is 5.69 Å². The summed E-state index contributed by atoms with van der Waals surface area (Å²) in [7, 11) is 0. The Morgan fingerprint density at radius 2 is 2.12 bits per heavy atom. The molecule has 1 heterocycles. The van der Waals surface area contributed by atoms with E-state index < -0.39 is 0 Å². The summed E-state index contributed by atoms with van der Waals surface area (Å²) in [5, 5.41) is 0. The van der Waals surface area contributed by atoms with Gasteiger partial charge in [0, 0.05) is 24.9 Å². The molecule has 0 aromatic heterocycles. The number of benzene rings is 1. The van der Waals surface area contributed by atoms with Gasteiger partial charge in [-0.1, -0.05) is 19.1 Å². The van der Waals surface area contributed by atoms with Gasteiger partial charge < -0.3 is 10.5 Å². The summed E-state index contributed by atoms with van der Waals surface area (Å²) in [5.41, 5.74) is 7.83. The zero-order chi connectivity index (χ0) is 11.4. The second kappa shape index (κ2) is 5.32. The molecule has 1 aromatic carbocycles. The number of hydrogen-bond donors (Lipinski definition) is 1. The highest BCUT2D eigenvalue weighted by atomic mass is 16.5. The minimum atomic E-state index is 0.586. The number of nitrogens with zero attached hydrogens (tertiary/aromatic N) is 1. The fourth-order valence-corrected chi connectivity index (χ4v) is 2.17. The Morgan fingerprint density at radius 1 is 1.38 bits per heavy atom. The highest BCUT2D eigenvalue weighted by Crippen LogP contribution is 2.16. The molecular weight excluding hydrogens is 200 g/mol. The Balaban J connectivity index is 1.97. The van der Waals surface area contributed by atoms with E-state index in [0.717, 1.165) is 38.4 Å². The summed E-state index contributed by atoms with van der Waals surface area (Å²) >= 11 is 0. The van der Waals surface area contributed by atoms with Crippen LogP contribution >= 0.6 is 0 Å². The molecular formula is C13H20N2O. The Morgan fingerprint density at radius 3 is 2.69 bits per heavy atom. The van der Waals surface area contributed by atoms with Crippen molar-refractivity contribution < 1.29 is 4.74 Å². The van der Waals surface area contributed by atoms with Crippen LogP contribution in [0.25, 0.3) is 0 Å². The third kappa shape index (κ3) is 2.74. The summed E-state index contributed by atoms with van der Waals surface area (Å²) < 4.78 is 5.44. The monoisotopic (exact) mass is 220 g/mol. The minimum Gasteiger partial charge on any atom is -0.399 e. The topological polar surface area (TPSA) is 38.5 Å². The Hall–Kier alpha value is -1.06. The second-order valence-corrected chi connectivity index (χ2v) is 4.32. The normalized spacial score (nSPS) is 20.5. The molecule has 1 unspecified atom stereocenters. The number of ether oxygens (including phenoxy) is 1. The molecule has 1 aliphatic rings. The molecule has 2 N–H and O–H groups in total. The van der Waals surface area contributed by atoms with Crippen molar-refractivity contribution in [1.29, 1.82) is 0 Å². The zero-order valence-corrected chi connectivity index (χ0v) is 9.86. The lowest BCUT2D eigenvalue weighted by molar-refractivity contribution is 0.143. The maximum Gasteiger partial charge on any atom is 0.0622 e. The largest absolute Gasteiger partial charge is 0.399 e. The Labute approximate surface area is 97.2 Å². The lowest BCUT2D eigenvalue weighted by atomic mass is 10.1. The first kappa shape index (κ1) is 11.4. The van der Waals surface area contributed by atoms with Gasteiger partial charge in [-0.05, 0) is 30.7 Å². The van der Waals surface area contributed by atoms with Crippen LogP contribution < -0.4 is 5.73 Å². The molecule has 0 saturated carbocycles. The van der Waals surface area contributed by atoms with Crippen molar-refractivity contribution in [2.24, 2.45) is 0 Å². The fourth-order valence-electron chi connectivity index (χ4n) is 2.17. The molecule has 0 bridgehead atoms. The average molecular weight is 220 g/mol. The highest BCUT2D eigenvalue weighted by Gasteiger charge is 2.21. The average Bonchev–Trinajstić information content (AvgIpc) is 2.82. The van der Waals surface area contributed by atoms with Crippen LogP contribution in [0.4, 0.5) is 5.69 Å². The molecule has 0 radical (unpaired) electrons. The maximum absolute atomic E-state index is 5.68. The van der Waals surface area contributed by atoms with Crippen LogP contribution in [-0.2, 0) is 11.3 Å². The first-order chi connectivity index (χ1) is 7.79. The van der Waals surface area contributed by atoms with Crippen molar-refractivity contribution in [3.05, 3.63) is 29.8 Å². The van der Waals surface area contributed by atoms with E-state index in [-0.39, 0.29) is 0 Å². The number of nitrogens with two attached hydrogens (primary N) is 1. The van der Waals surface area contributed by atoms with Gasteiger partial charge in [0.2, 0.25) is 0 Å².